The van der Waals surface area contributed by atoms with Gasteiger partial charge in [0.25, 0.3) is 5.91 Å². The number of amides is 1. The third-order valence-electron chi connectivity index (χ3n) is 5.49. The lowest BCUT2D eigenvalue weighted by Crippen LogP contribution is -2.48. The van der Waals surface area contributed by atoms with E-state index in [-0.39, 0.29) is 11.7 Å². The minimum atomic E-state index is -0.0821. The van der Waals surface area contributed by atoms with E-state index in [2.05, 4.69) is 9.27 Å². The number of nitrogens with two attached hydrogens (primary N) is 1. The Hall–Kier alpha value is -3.39. The van der Waals surface area contributed by atoms with Crippen LogP contribution in [0.2, 0.25) is 0 Å². The number of ketones is 1. The number of nitrogens with zero attached hydrogens (tertiary/aromatic N) is 3. The molecular weight excluding hydrogens is 412 g/mol. The largest absolute Gasteiger partial charge is 0.497 e. The van der Waals surface area contributed by atoms with Crippen molar-refractivity contribution in [2.45, 2.75) is 6.92 Å². The molecule has 2 heterocycles. The van der Waals surface area contributed by atoms with Gasteiger partial charge in [-0.25, -0.2) is 0 Å². The maximum Gasteiger partial charge on any atom is 0.267 e. The summed E-state index contributed by atoms with van der Waals surface area (Å²) in [5, 5.41) is 0. The van der Waals surface area contributed by atoms with E-state index in [1.54, 1.807) is 14.0 Å². The number of Topliss-reactive ketones (excluding diaryl/α,β-unsaturated/α-hetero) is 1. The summed E-state index contributed by atoms with van der Waals surface area (Å²) in [5.41, 5.74) is 9.95. The van der Waals surface area contributed by atoms with E-state index in [0.717, 1.165) is 41.6 Å². The molecule has 3 aromatic rings. The first-order valence-electron chi connectivity index (χ1n) is 10.0. The fourth-order valence-corrected chi connectivity index (χ4v) is 4.42. The van der Waals surface area contributed by atoms with Gasteiger partial charge >= 0.3 is 0 Å². The predicted octanol–water partition coefficient (Wildman–Crippen LogP) is 3.57. The van der Waals surface area contributed by atoms with Gasteiger partial charge < -0.3 is 20.3 Å². The van der Waals surface area contributed by atoms with E-state index in [9.17, 15) is 9.59 Å². The topological polar surface area (TPSA) is 88.8 Å². The molecule has 0 unspecified atom stereocenters. The van der Waals surface area contributed by atoms with Gasteiger partial charge in [0.1, 0.15) is 16.3 Å². The van der Waals surface area contributed by atoms with Crippen LogP contribution in [0.5, 0.6) is 5.75 Å². The minimum Gasteiger partial charge on any atom is -0.497 e. The summed E-state index contributed by atoms with van der Waals surface area (Å²) >= 11 is 1.14. The summed E-state index contributed by atoms with van der Waals surface area (Å²) in [5.74, 6) is 0.724. The number of carbonyl (C=O) groups excluding carboxylic acids is 2. The first-order chi connectivity index (χ1) is 15.0. The van der Waals surface area contributed by atoms with Gasteiger partial charge in [0.05, 0.1) is 12.8 Å². The van der Waals surface area contributed by atoms with Crippen molar-refractivity contribution < 1.29 is 14.3 Å². The predicted molar refractivity (Wildman–Crippen MR) is 123 cm³/mol. The van der Waals surface area contributed by atoms with Gasteiger partial charge in [-0.1, -0.05) is 0 Å². The van der Waals surface area contributed by atoms with Crippen LogP contribution in [0.3, 0.4) is 0 Å². The molecule has 1 fully saturated rings. The fraction of sp³-hybridized carbons (Fsp3) is 0.261. The molecule has 0 bridgehead atoms. The van der Waals surface area contributed by atoms with Gasteiger partial charge in [-0.15, -0.1) is 0 Å². The second-order valence-electron chi connectivity index (χ2n) is 7.38. The maximum atomic E-state index is 13.1. The standard InChI is InChI=1S/C23H24N4O3S/c1-15(28)16-3-7-18(8-4-16)26-11-13-27(14-12-26)23(29)22-20(24)21(25-31-22)17-5-9-19(30-2)10-6-17/h3-10H,11-14,24H2,1-2H3. The number of nitrogen functional groups attached to an aromatic ring is 1. The summed E-state index contributed by atoms with van der Waals surface area (Å²) in [7, 11) is 1.61. The summed E-state index contributed by atoms with van der Waals surface area (Å²) < 4.78 is 9.62. The SMILES string of the molecule is COc1ccc(-c2nsc(C(=O)N3CCN(c4ccc(C(C)=O)cc4)CC3)c2N)cc1. The molecule has 2 N–H and O–H groups in total. The lowest BCUT2D eigenvalue weighted by Gasteiger charge is -2.36. The molecule has 0 aliphatic carbocycles. The van der Waals surface area contributed by atoms with Crippen LogP contribution in [0.15, 0.2) is 48.5 Å². The van der Waals surface area contributed by atoms with Crippen molar-refractivity contribution in [1.82, 2.24) is 9.27 Å². The van der Waals surface area contributed by atoms with Crippen LogP contribution in [0.4, 0.5) is 11.4 Å². The number of piperazine rings is 1. The van der Waals surface area contributed by atoms with Gasteiger partial charge in [-0.2, -0.15) is 4.37 Å². The third-order valence-corrected chi connectivity index (χ3v) is 6.34. The first kappa shape index (κ1) is 20.9. The number of aromatic nitrogens is 1. The highest BCUT2D eigenvalue weighted by Gasteiger charge is 2.27. The summed E-state index contributed by atoms with van der Waals surface area (Å²) in [6.45, 7) is 4.19. The zero-order valence-corrected chi connectivity index (χ0v) is 18.3. The molecule has 160 valence electrons. The van der Waals surface area contributed by atoms with Crippen molar-refractivity contribution in [3.8, 4) is 17.0 Å². The van der Waals surface area contributed by atoms with E-state index in [4.69, 9.17) is 10.5 Å². The molecule has 1 aliphatic heterocycles. The Balaban J connectivity index is 1.43. The smallest absolute Gasteiger partial charge is 0.267 e. The molecule has 1 amide bonds. The normalized spacial score (nSPS) is 13.9. The lowest BCUT2D eigenvalue weighted by atomic mass is 10.1. The average molecular weight is 437 g/mol. The molecule has 1 aromatic heterocycles. The van der Waals surface area contributed by atoms with Gasteiger partial charge in [-0.05, 0) is 67.0 Å². The Bertz CT molecular complexity index is 1090. The number of benzene rings is 2. The van der Waals surface area contributed by atoms with E-state index < -0.39 is 0 Å². The number of carbonyl (C=O) groups is 2. The second-order valence-corrected chi connectivity index (χ2v) is 8.16. The Kier molecular flexibility index (Phi) is 5.90. The molecule has 8 heteroatoms. The molecule has 0 spiro atoms. The maximum absolute atomic E-state index is 13.1. The number of rotatable bonds is 5. The van der Waals surface area contributed by atoms with Crippen LogP contribution in [-0.4, -0.2) is 54.3 Å². The van der Waals surface area contributed by atoms with Crippen molar-refractivity contribution in [2.24, 2.45) is 0 Å². The number of methoxy groups -OCH3 is 1. The third kappa shape index (κ3) is 4.25. The summed E-state index contributed by atoms with van der Waals surface area (Å²) in [6, 6.07) is 15.0. The van der Waals surface area contributed by atoms with Crippen LogP contribution in [0.1, 0.15) is 27.0 Å². The van der Waals surface area contributed by atoms with Crippen molar-refractivity contribution in [3.63, 3.8) is 0 Å². The molecule has 0 saturated carbocycles. The molecule has 0 radical (unpaired) electrons. The minimum absolute atomic E-state index is 0.0538. The number of hydrogen-bond acceptors (Lipinski definition) is 7. The zero-order valence-electron chi connectivity index (χ0n) is 17.5. The van der Waals surface area contributed by atoms with Crippen LogP contribution in [0.25, 0.3) is 11.3 Å². The van der Waals surface area contributed by atoms with E-state index in [1.165, 1.54) is 0 Å². The summed E-state index contributed by atoms with van der Waals surface area (Å²) in [6.07, 6.45) is 0. The van der Waals surface area contributed by atoms with Crippen molar-refractivity contribution >= 4 is 34.6 Å². The fourth-order valence-electron chi connectivity index (χ4n) is 3.63. The van der Waals surface area contributed by atoms with Gasteiger partial charge in [-0.3, -0.25) is 9.59 Å². The molecule has 31 heavy (non-hydrogen) atoms. The Morgan fingerprint density at radius 1 is 1.00 bits per heavy atom. The molecule has 2 aromatic carbocycles. The Labute approximate surface area is 185 Å². The number of hydrogen-bond donors (Lipinski definition) is 1. The van der Waals surface area contributed by atoms with Crippen LogP contribution in [-0.2, 0) is 0 Å². The first-order valence-corrected chi connectivity index (χ1v) is 10.8. The van der Waals surface area contributed by atoms with Gasteiger partial charge in [0, 0.05) is 43.0 Å². The van der Waals surface area contributed by atoms with Crippen LogP contribution >= 0.6 is 11.5 Å². The number of ether oxygens (including phenoxy) is 1. The van der Waals surface area contributed by atoms with E-state index in [1.807, 2.05) is 53.4 Å². The molecular formula is C23H24N4O3S. The summed E-state index contributed by atoms with van der Waals surface area (Å²) in [4.78, 5) is 29.0. The van der Waals surface area contributed by atoms with Crippen molar-refractivity contribution in [2.75, 3.05) is 43.9 Å². The van der Waals surface area contributed by atoms with Gasteiger partial charge in [0.2, 0.25) is 0 Å². The molecule has 7 nitrogen and oxygen atoms in total. The lowest BCUT2D eigenvalue weighted by molar-refractivity contribution is 0.0752. The van der Waals surface area contributed by atoms with Crippen LogP contribution < -0.4 is 15.4 Å². The zero-order chi connectivity index (χ0) is 22.0. The average Bonchev–Trinajstić information content (AvgIpc) is 3.20. The highest BCUT2D eigenvalue weighted by Crippen LogP contribution is 2.33. The van der Waals surface area contributed by atoms with Gasteiger partial charge in [0.15, 0.2) is 5.78 Å². The monoisotopic (exact) mass is 436 g/mol. The Morgan fingerprint density at radius 3 is 2.23 bits per heavy atom. The molecule has 1 saturated heterocycles. The second kappa shape index (κ2) is 8.77. The highest BCUT2D eigenvalue weighted by atomic mass is 32.1. The quantitative estimate of drug-likeness (QED) is 0.615. The molecule has 0 atom stereocenters. The molecule has 1 aliphatic rings. The van der Waals surface area contributed by atoms with Crippen molar-refractivity contribution in [1.29, 1.82) is 0 Å². The van der Waals surface area contributed by atoms with E-state index >= 15 is 0 Å². The van der Waals surface area contributed by atoms with E-state index in [0.29, 0.717) is 34.9 Å². The Morgan fingerprint density at radius 2 is 1.65 bits per heavy atom. The van der Waals surface area contributed by atoms with Crippen molar-refractivity contribution in [3.05, 3.63) is 59.0 Å². The highest BCUT2D eigenvalue weighted by molar-refractivity contribution is 7.09. The number of anilines is 2. The molecule has 4 rings (SSSR count). The van der Waals surface area contributed by atoms with Crippen LogP contribution in [0, 0.1) is 0 Å².